The molecule has 0 amide bonds. The Morgan fingerprint density at radius 3 is 2.57 bits per heavy atom. The van der Waals surface area contributed by atoms with Gasteiger partial charge in [-0.25, -0.2) is 0 Å². The molecular formula is C11H20O3. The highest BCUT2D eigenvalue weighted by Crippen LogP contribution is 2.49. The van der Waals surface area contributed by atoms with Crippen LogP contribution in [0, 0.1) is 11.3 Å². The van der Waals surface area contributed by atoms with Crippen LogP contribution in [0.25, 0.3) is 0 Å². The van der Waals surface area contributed by atoms with Crippen molar-refractivity contribution in [1.29, 1.82) is 0 Å². The van der Waals surface area contributed by atoms with Crippen LogP contribution in [0.2, 0.25) is 0 Å². The summed E-state index contributed by atoms with van der Waals surface area (Å²) in [6, 6.07) is 0. The first-order chi connectivity index (χ1) is 6.62. The fraction of sp³-hybridized carbons (Fsp3) is 1.00. The van der Waals surface area contributed by atoms with E-state index in [1.165, 1.54) is 6.42 Å². The first kappa shape index (κ1) is 10.4. The Hall–Kier alpha value is -0.120. The Morgan fingerprint density at radius 1 is 1.43 bits per heavy atom. The zero-order chi connectivity index (χ0) is 10.2. The van der Waals surface area contributed by atoms with Gasteiger partial charge in [-0.3, -0.25) is 0 Å². The van der Waals surface area contributed by atoms with Crippen LogP contribution < -0.4 is 0 Å². The third-order valence-electron chi connectivity index (χ3n) is 4.06. The molecule has 14 heavy (non-hydrogen) atoms. The quantitative estimate of drug-likeness (QED) is 0.697. The Labute approximate surface area is 85.1 Å². The van der Waals surface area contributed by atoms with Crippen molar-refractivity contribution in [2.24, 2.45) is 11.3 Å². The highest BCUT2D eigenvalue weighted by Gasteiger charge is 2.55. The molecule has 1 saturated carbocycles. The van der Waals surface area contributed by atoms with E-state index in [2.05, 4.69) is 6.92 Å². The van der Waals surface area contributed by atoms with Crippen molar-refractivity contribution >= 4 is 0 Å². The van der Waals surface area contributed by atoms with Crippen LogP contribution in [0.3, 0.4) is 0 Å². The Kier molecular flexibility index (Phi) is 2.58. The van der Waals surface area contributed by atoms with Crippen LogP contribution in [0.5, 0.6) is 0 Å². The summed E-state index contributed by atoms with van der Waals surface area (Å²) in [5, 5.41) is 19.9. The molecule has 3 nitrogen and oxygen atoms in total. The number of aliphatic hydroxyl groups is 2. The van der Waals surface area contributed by atoms with E-state index in [-0.39, 0.29) is 12.0 Å². The molecule has 1 saturated heterocycles. The van der Waals surface area contributed by atoms with Gasteiger partial charge in [0.15, 0.2) is 0 Å². The summed E-state index contributed by atoms with van der Waals surface area (Å²) in [6.45, 7) is 3.10. The lowest BCUT2D eigenvalue weighted by Gasteiger charge is -2.54. The minimum atomic E-state index is -0.754. The molecule has 2 unspecified atom stereocenters. The molecule has 0 aromatic rings. The maximum absolute atomic E-state index is 10.3. The van der Waals surface area contributed by atoms with E-state index < -0.39 is 5.60 Å². The van der Waals surface area contributed by atoms with Crippen molar-refractivity contribution in [2.45, 2.75) is 38.2 Å². The first-order valence-corrected chi connectivity index (χ1v) is 5.53. The van der Waals surface area contributed by atoms with Crippen LogP contribution in [0.1, 0.15) is 32.6 Å². The van der Waals surface area contributed by atoms with Gasteiger partial charge >= 0.3 is 0 Å². The molecule has 1 heterocycles. The summed E-state index contributed by atoms with van der Waals surface area (Å²) in [7, 11) is 0. The summed E-state index contributed by atoms with van der Waals surface area (Å²) in [4.78, 5) is 0. The minimum absolute atomic E-state index is 0.0944. The summed E-state index contributed by atoms with van der Waals surface area (Å²) in [5.74, 6) is 0.612. The summed E-state index contributed by atoms with van der Waals surface area (Å²) < 4.78 is 5.09. The summed E-state index contributed by atoms with van der Waals surface area (Å²) >= 11 is 0. The molecule has 2 N–H and O–H groups in total. The average molecular weight is 200 g/mol. The predicted octanol–water partition coefficient (Wildman–Crippen LogP) is 0.936. The second-order valence-electron chi connectivity index (χ2n) is 5.16. The van der Waals surface area contributed by atoms with Crippen LogP contribution in [0.15, 0.2) is 0 Å². The lowest BCUT2D eigenvalue weighted by Crippen LogP contribution is -2.64. The highest BCUT2D eigenvalue weighted by molar-refractivity contribution is 5.04. The number of hydrogen-bond acceptors (Lipinski definition) is 3. The first-order valence-electron chi connectivity index (χ1n) is 5.53. The maximum atomic E-state index is 10.3. The van der Waals surface area contributed by atoms with Gasteiger partial charge in [-0.15, -0.1) is 0 Å². The third-order valence-corrected chi connectivity index (χ3v) is 4.06. The lowest BCUT2D eigenvalue weighted by atomic mass is 9.60. The monoisotopic (exact) mass is 200 g/mol. The van der Waals surface area contributed by atoms with E-state index in [9.17, 15) is 10.2 Å². The smallest absolute Gasteiger partial charge is 0.119 e. The molecule has 1 aliphatic carbocycles. The lowest BCUT2D eigenvalue weighted by molar-refractivity contribution is -0.260. The second kappa shape index (κ2) is 3.47. The Morgan fingerprint density at radius 2 is 2.14 bits per heavy atom. The predicted molar refractivity (Wildman–Crippen MR) is 52.9 cm³/mol. The normalized spacial score (nSPS) is 41.8. The van der Waals surface area contributed by atoms with Crippen molar-refractivity contribution < 1.29 is 14.9 Å². The third kappa shape index (κ3) is 1.38. The largest absolute Gasteiger partial charge is 0.396 e. The van der Waals surface area contributed by atoms with Crippen LogP contribution in [0.4, 0.5) is 0 Å². The fourth-order valence-corrected chi connectivity index (χ4v) is 2.98. The topological polar surface area (TPSA) is 49.7 Å². The van der Waals surface area contributed by atoms with Crippen molar-refractivity contribution in [3.05, 3.63) is 0 Å². The molecule has 2 rings (SSSR count). The van der Waals surface area contributed by atoms with Gasteiger partial charge in [-0.05, 0) is 18.8 Å². The average Bonchev–Trinajstić information content (AvgIpc) is 2.14. The number of rotatable bonds is 2. The molecule has 0 aromatic heterocycles. The molecule has 0 radical (unpaired) electrons. The molecule has 3 heteroatoms. The number of aliphatic hydroxyl groups excluding tert-OH is 1. The van der Waals surface area contributed by atoms with Gasteiger partial charge in [0.25, 0.3) is 0 Å². The maximum Gasteiger partial charge on any atom is 0.119 e. The molecule has 2 fully saturated rings. The van der Waals surface area contributed by atoms with Gasteiger partial charge in [0.1, 0.15) is 5.60 Å². The van der Waals surface area contributed by atoms with E-state index in [0.717, 1.165) is 19.3 Å². The van der Waals surface area contributed by atoms with Gasteiger partial charge in [0, 0.05) is 5.41 Å². The van der Waals surface area contributed by atoms with E-state index >= 15 is 0 Å². The van der Waals surface area contributed by atoms with Crippen molar-refractivity contribution in [2.75, 3.05) is 19.8 Å². The van der Waals surface area contributed by atoms with Crippen molar-refractivity contribution in [3.8, 4) is 0 Å². The highest BCUT2D eigenvalue weighted by atomic mass is 16.5. The van der Waals surface area contributed by atoms with Gasteiger partial charge in [0.05, 0.1) is 19.8 Å². The standard InChI is InChI=1S/C11H20O3/c1-9-3-2-4-10(5-9,6-12)11(13)7-14-8-11/h9,12-13H,2-8H2,1H3. The molecule has 1 aliphatic heterocycles. The molecule has 0 spiro atoms. The molecule has 2 atom stereocenters. The molecule has 0 bridgehead atoms. The van der Waals surface area contributed by atoms with Crippen LogP contribution in [-0.4, -0.2) is 35.6 Å². The SMILES string of the molecule is CC1CCCC(CO)(C2(O)COC2)C1. The van der Waals surface area contributed by atoms with E-state index in [4.69, 9.17) is 4.74 Å². The zero-order valence-corrected chi connectivity index (χ0v) is 8.83. The summed E-state index contributed by atoms with van der Waals surface area (Å²) in [6.07, 6.45) is 4.21. The van der Waals surface area contributed by atoms with Gasteiger partial charge in [-0.2, -0.15) is 0 Å². The Balaban J connectivity index is 2.15. The zero-order valence-electron chi connectivity index (χ0n) is 8.83. The Bertz CT molecular complexity index is 213. The minimum Gasteiger partial charge on any atom is -0.396 e. The number of ether oxygens (including phenoxy) is 1. The van der Waals surface area contributed by atoms with Crippen molar-refractivity contribution in [3.63, 3.8) is 0 Å². The van der Waals surface area contributed by atoms with E-state index in [1.807, 2.05) is 0 Å². The molecular weight excluding hydrogens is 180 g/mol. The van der Waals surface area contributed by atoms with Gasteiger partial charge in [0.2, 0.25) is 0 Å². The fourth-order valence-electron chi connectivity index (χ4n) is 2.98. The molecule has 2 aliphatic rings. The van der Waals surface area contributed by atoms with Gasteiger partial charge in [-0.1, -0.05) is 19.8 Å². The van der Waals surface area contributed by atoms with Crippen molar-refractivity contribution in [1.82, 2.24) is 0 Å². The summed E-state index contributed by atoms with van der Waals surface area (Å²) in [5.41, 5.74) is -1.04. The number of hydrogen-bond donors (Lipinski definition) is 2. The van der Waals surface area contributed by atoms with E-state index in [0.29, 0.717) is 19.1 Å². The molecule has 0 aromatic carbocycles. The molecule has 82 valence electrons. The van der Waals surface area contributed by atoms with E-state index in [1.54, 1.807) is 0 Å². The van der Waals surface area contributed by atoms with Crippen LogP contribution >= 0.6 is 0 Å². The van der Waals surface area contributed by atoms with Gasteiger partial charge < -0.3 is 14.9 Å². The van der Waals surface area contributed by atoms with Crippen LogP contribution in [-0.2, 0) is 4.74 Å². The second-order valence-corrected chi connectivity index (χ2v) is 5.16.